The normalized spacial score (nSPS) is 18.4. The second kappa shape index (κ2) is 9.20. The molecule has 0 aromatic carbocycles. The van der Waals surface area contributed by atoms with E-state index in [0.29, 0.717) is 45.2 Å². The molecule has 5 heterocycles. The van der Waals surface area contributed by atoms with E-state index < -0.39 is 18.1 Å². The van der Waals surface area contributed by atoms with E-state index in [1.807, 2.05) is 6.07 Å². The number of rotatable bonds is 4. The maximum absolute atomic E-state index is 12.8. The lowest BCUT2D eigenvalue weighted by atomic mass is 10.0. The average Bonchev–Trinajstić information content (AvgIpc) is 3.40. The van der Waals surface area contributed by atoms with Gasteiger partial charge in [-0.15, -0.1) is 0 Å². The molecule has 9 nitrogen and oxygen atoms in total. The highest BCUT2D eigenvalue weighted by atomic mass is 19.3. The minimum Gasteiger partial charge on any atom is -0.449 e. The molecular weight excluding hydrogens is 468 g/mol. The fraction of sp³-hybridized carbons (Fsp3) is 0.360. The third-order valence-corrected chi connectivity index (χ3v) is 6.11. The van der Waals surface area contributed by atoms with E-state index in [2.05, 4.69) is 37.1 Å². The van der Waals surface area contributed by atoms with Crippen LogP contribution in [-0.4, -0.2) is 44.8 Å². The van der Waals surface area contributed by atoms with Gasteiger partial charge in [-0.1, -0.05) is 11.8 Å². The van der Waals surface area contributed by atoms with Crippen LogP contribution >= 0.6 is 0 Å². The average molecular weight is 494 g/mol. The van der Waals surface area contributed by atoms with Crippen molar-refractivity contribution in [3.8, 4) is 11.8 Å². The van der Waals surface area contributed by atoms with Crippen LogP contribution in [0.2, 0.25) is 0 Å². The van der Waals surface area contributed by atoms with E-state index >= 15 is 0 Å². The summed E-state index contributed by atoms with van der Waals surface area (Å²) in [5.41, 5.74) is 8.26. The molecule has 3 aromatic rings. The number of ether oxygens (including phenoxy) is 1. The highest BCUT2D eigenvalue weighted by Gasteiger charge is 2.39. The van der Waals surface area contributed by atoms with Crippen LogP contribution in [-0.2, 0) is 10.3 Å². The molecule has 0 saturated carbocycles. The van der Waals surface area contributed by atoms with Crippen LogP contribution in [0.1, 0.15) is 60.4 Å². The van der Waals surface area contributed by atoms with Crippen LogP contribution in [0.5, 0.6) is 0 Å². The topological polar surface area (TPSA) is 111 Å². The standard InChI is InChI=1S/C25H25F2N7O2/c1-25(2)22-18(23(35)36-25)7-8-20(32-22)31-21-10-19(33-9-3-4-17(28)14-33)16(12-29-21)6-5-15-11-30-34(13-15)24(26)27/h7-8,10-13,17,24H,3-4,9,14,28H2,1-2H3,(H,29,31,32)/t17-/m0/s1. The zero-order chi connectivity index (χ0) is 25.4. The van der Waals surface area contributed by atoms with Gasteiger partial charge in [-0.25, -0.2) is 19.4 Å². The number of hydrogen-bond donors (Lipinski definition) is 2. The maximum Gasteiger partial charge on any atom is 0.341 e. The van der Waals surface area contributed by atoms with Gasteiger partial charge in [-0.2, -0.15) is 13.9 Å². The van der Waals surface area contributed by atoms with E-state index in [0.717, 1.165) is 25.1 Å². The molecule has 2 aliphatic rings. The smallest absolute Gasteiger partial charge is 0.341 e. The van der Waals surface area contributed by atoms with Gasteiger partial charge in [0, 0.05) is 37.6 Å². The SMILES string of the molecule is CC1(C)OC(=O)c2ccc(Nc3cc(N4CCC[C@H](N)C4)c(C#Cc4cnn(C(F)F)c4)cn3)nc21. The van der Waals surface area contributed by atoms with Gasteiger partial charge in [-0.3, -0.25) is 0 Å². The van der Waals surface area contributed by atoms with Gasteiger partial charge in [0.15, 0.2) is 0 Å². The molecule has 36 heavy (non-hydrogen) atoms. The number of piperidine rings is 1. The summed E-state index contributed by atoms with van der Waals surface area (Å²) >= 11 is 0. The molecule has 2 aliphatic heterocycles. The number of halogens is 2. The molecule has 186 valence electrons. The second-order valence-corrected chi connectivity index (χ2v) is 9.29. The molecule has 0 unspecified atom stereocenters. The van der Waals surface area contributed by atoms with Gasteiger partial charge < -0.3 is 20.7 Å². The Hall–Kier alpha value is -4.04. The summed E-state index contributed by atoms with van der Waals surface area (Å²) in [6.45, 7) is 2.33. The Morgan fingerprint density at radius 2 is 2.08 bits per heavy atom. The summed E-state index contributed by atoms with van der Waals surface area (Å²) < 4.78 is 31.6. The number of fused-ring (bicyclic) bond motifs is 1. The van der Waals surface area contributed by atoms with Crippen molar-refractivity contribution in [1.29, 1.82) is 0 Å². The maximum atomic E-state index is 12.8. The van der Waals surface area contributed by atoms with Crippen LogP contribution in [0.15, 0.2) is 36.8 Å². The van der Waals surface area contributed by atoms with Crippen molar-refractivity contribution in [3.05, 3.63) is 59.2 Å². The first-order valence-corrected chi connectivity index (χ1v) is 11.6. The van der Waals surface area contributed by atoms with Crippen molar-refractivity contribution < 1.29 is 18.3 Å². The van der Waals surface area contributed by atoms with Crippen molar-refractivity contribution in [1.82, 2.24) is 19.7 Å². The molecule has 11 heteroatoms. The predicted molar refractivity (Wildman–Crippen MR) is 129 cm³/mol. The number of esters is 1. The molecule has 0 radical (unpaired) electrons. The number of nitrogens with two attached hydrogens (primary N) is 1. The molecule has 5 rings (SSSR count). The number of carbonyl (C=O) groups is 1. The summed E-state index contributed by atoms with van der Waals surface area (Å²) in [5, 5.41) is 6.83. The number of alkyl halides is 2. The lowest BCUT2D eigenvalue weighted by Gasteiger charge is -2.33. The first kappa shape index (κ1) is 23.7. The van der Waals surface area contributed by atoms with Gasteiger partial charge in [0.05, 0.1) is 28.6 Å². The van der Waals surface area contributed by atoms with Crippen LogP contribution in [0, 0.1) is 11.8 Å². The van der Waals surface area contributed by atoms with Crippen LogP contribution in [0.25, 0.3) is 0 Å². The monoisotopic (exact) mass is 493 g/mol. The second-order valence-electron chi connectivity index (χ2n) is 9.29. The third-order valence-electron chi connectivity index (χ3n) is 6.11. The molecule has 1 saturated heterocycles. The highest BCUT2D eigenvalue weighted by Crippen LogP contribution is 2.35. The van der Waals surface area contributed by atoms with E-state index in [1.54, 1.807) is 32.2 Å². The van der Waals surface area contributed by atoms with Crippen molar-refractivity contribution >= 4 is 23.3 Å². The van der Waals surface area contributed by atoms with Gasteiger partial charge in [0.25, 0.3) is 0 Å². The molecule has 0 bridgehead atoms. The lowest BCUT2D eigenvalue weighted by molar-refractivity contribution is 0.00833. The van der Waals surface area contributed by atoms with Gasteiger partial charge >= 0.3 is 12.5 Å². The number of carbonyl (C=O) groups excluding carboxylic acids is 1. The number of anilines is 3. The fourth-order valence-corrected chi connectivity index (χ4v) is 4.37. The van der Waals surface area contributed by atoms with Gasteiger partial charge in [0.1, 0.15) is 22.9 Å². The first-order valence-electron chi connectivity index (χ1n) is 11.6. The first-order chi connectivity index (χ1) is 17.2. The summed E-state index contributed by atoms with van der Waals surface area (Å²) in [4.78, 5) is 23.3. The van der Waals surface area contributed by atoms with Gasteiger partial charge in [0.2, 0.25) is 0 Å². The van der Waals surface area contributed by atoms with E-state index in [9.17, 15) is 13.6 Å². The zero-order valence-electron chi connectivity index (χ0n) is 19.8. The number of aromatic nitrogens is 4. The minimum atomic E-state index is -2.72. The summed E-state index contributed by atoms with van der Waals surface area (Å²) in [6.07, 6.45) is 6.01. The molecule has 0 amide bonds. The lowest BCUT2D eigenvalue weighted by Crippen LogP contribution is -2.43. The van der Waals surface area contributed by atoms with E-state index in [-0.39, 0.29) is 6.04 Å². The largest absolute Gasteiger partial charge is 0.449 e. The Bertz CT molecular complexity index is 1380. The fourth-order valence-electron chi connectivity index (χ4n) is 4.37. The summed E-state index contributed by atoms with van der Waals surface area (Å²) in [7, 11) is 0. The van der Waals surface area contributed by atoms with E-state index in [4.69, 9.17) is 10.5 Å². The molecule has 0 aliphatic carbocycles. The Morgan fingerprint density at radius 3 is 2.83 bits per heavy atom. The Labute approximate surface area is 206 Å². The van der Waals surface area contributed by atoms with E-state index in [1.165, 1.54) is 12.4 Å². The Morgan fingerprint density at radius 1 is 1.25 bits per heavy atom. The number of pyridine rings is 2. The van der Waals surface area contributed by atoms with Crippen molar-refractivity contribution in [2.45, 2.75) is 44.9 Å². The van der Waals surface area contributed by atoms with Crippen LogP contribution < -0.4 is 16.0 Å². The molecule has 1 fully saturated rings. The highest BCUT2D eigenvalue weighted by molar-refractivity contribution is 5.94. The quantitative estimate of drug-likeness (QED) is 0.419. The minimum absolute atomic E-state index is 0.0338. The van der Waals surface area contributed by atoms with Crippen molar-refractivity contribution in [2.75, 3.05) is 23.3 Å². The molecule has 1 atom stereocenters. The van der Waals surface area contributed by atoms with Crippen molar-refractivity contribution in [2.24, 2.45) is 5.73 Å². The summed E-state index contributed by atoms with van der Waals surface area (Å²) in [5.74, 6) is 6.61. The van der Waals surface area contributed by atoms with Gasteiger partial charge in [-0.05, 0) is 38.8 Å². The third kappa shape index (κ3) is 4.72. The Balaban J connectivity index is 1.46. The van der Waals surface area contributed by atoms with Crippen LogP contribution in [0.4, 0.5) is 26.1 Å². The molecule has 0 spiro atoms. The molecule has 3 aromatic heterocycles. The summed E-state index contributed by atoms with van der Waals surface area (Å²) in [6, 6.07) is 5.29. The zero-order valence-corrected chi connectivity index (χ0v) is 19.8. The van der Waals surface area contributed by atoms with Crippen LogP contribution in [0.3, 0.4) is 0 Å². The number of nitrogens with one attached hydrogen (secondary N) is 1. The molecular formula is C25H25F2N7O2. The number of nitrogens with zero attached hydrogens (tertiary/aromatic N) is 5. The predicted octanol–water partition coefficient (Wildman–Crippen LogP) is 3.54. The Kier molecular flexibility index (Phi) is 6.05. The molecule has 3 N–H and O–H groups in total. The van der Waals surface area contributed by atoms with Crippen molar-refractivity contribution in [3.63, 3.8) is 0 Å². The number of hydrogen-bond acceptors (Lipinski definition) is 8. The number of cyclic esters (lactones) is 1.